The molecule has 0 bridgehead atoms. The molecular weight excluding hydrogens is 366 g/mol. The van der Waals surface area contributed by atoms with E-state index in [1.165, 1.54) is 21.4 Å². The highest BCUT2D eigenvalue weighted by atomic mass is 16.2. The molecule has 29 heavy (non-hydrogen) atoms. The highest BCUT2D eigenvalue weighted by Gasteiger charge is 2.21. The molecule has 0 unspecified atom stereocenters. The van der Waals surface area contributed by atoms with Crippen molar-refractivity contribution in [1.82, 2.24) is 24.8 Å². The van der Waals surface area contributed by atoms with Crippen LogP contribution in [0.1, 0.15) is 23.1 Å². The van der Waals surface area contributed by atoms with E-state index in [4.69, 9.17) is 0 Å². The Balaban J connectivity index is 1.41. The smallest absolute Gasteiger partial charge is 0.277 e. The summed E-state index contributed by atoms with van der Waals surface area (Å²) >= 11 is 0. The summed E-state index contributed by atoms with van der Waals surface area (Å²) in [6.07, 6.45) is 1.10. The molecular formula is C22H25N5O2. The monoisotopic (exact) mass is 391 g/mol. The molecule has 1 aromatic heterocycles. The molecule has 0 radical (unpaired) electrons. The first-order valence-corrected chi connectivity index (χ1v) is 9.87. The number of fused-ring (bicyclic) bond motifs is 2. The van der Waals surface area contributed by atoms with Crippen LogP contribution >= 0.6 is 0 Å². The zero-order chi connectivity index (χ0) is 20.4. The van der Waals surface area contributed by atoms with Gasteiger partial charge in [-0.25, -0.2) is 4.68 Å². The van der Waals surface area contributed by atoms with Crippen molar-refractivity contribution in [3.63, 3.8) is 0 Å². The minimum atomic E-state index is -0.208. The third-order valence-corrected chi connectivity index (χ3v) is 5.30. The second-order valence-corrected chi connectivity index (χ2v) is 7.79. The number of hydrogen-bond acceptors (Lipinski definition) is 5. The number of benzene rings is 2. The molecule has 3 aromatic rings. The summed E-state index contributed by atoms with van der Waals surface area (Å²) in [5.74, 6) is 0.0369. The van der Waals surface area contributed by atoms with Crippen LogP contribution in [-0.4, -0.2) is 51.3 Å². The van der Waals surface area contributed by atoms with Gasteiger partial charge < -0.3 is 9.80 Å². The maximum Gasteiger partial charge on any atom is 0.277 e. The minimum Gasteiger partial charge on any atom is -0.338 e. The normalized spacial score (nSPS) is 13.7. The summed E-state index contributed by atoms with van der Waals surface area (Å²) in [6, 6.07) is 13.6. The number of carbonyl (C=O) groups is 1. The van der Waals surface area contributed by atoms with Crippen molar-refractivity contribution in [3.8, 4) is 0 Å². The SMILES string of the molecule is CN(C)Cc1ccc2c(c1)CCN(C(=O)CCn1nnc3ccccc3c1=O)C2. The molecule has 1 amide bonds. The number of carbonyl (C=O) groups excluding carboxylic acids is 1. The Morgan fingerprint density at radius 3 is 2.79 bits per heavy atom. The molecule has 0 saturated heterocycles. The highest BCUT2D eigenvalue weighted by molar-refractivity contribution is 5.77. The maximum atomic E-state index is 12.7. The van der Waals surface area contributed by atoms with E-state index in [0.717, 1.165) is 13.0 Å². The van der Waals surface area contributed by atoms with Crippen LogP contribution in [0.4, 0.5) is 0 Å². The highest BCUT2D eigenvalue weighted by Crippen LogP contribution is 2.21. The molecule has 1 aliphatic heterocycles. The lowest BCUT2D eigenvalue weighted by molar-refractivity contribution is -0.132. The van der Waals surface area contributed by atoms with E-state index in [9.17, 15) is 9.59 Å². The Hall–Kier alpha value is -3.06. The van der Waals surface area contributed by atoms with Crippen LogP contribution in [0.5, 0.6) is 0 Å². The van der Waals surface area contributed by atoms with E-state index < -0.39 is 0 Å². The average molecular weight is 391 g/mol. The Morgan fingerprint density at radius 2 is 1.97 bits per heavy atom. The van der Waals surface area contributed by atoms with Gasteiger partial charge in [0.1, 0.15) is 5.52 Å². The van der Waals surface area contributed by atoms with Crippen LogP contribution in [0.3, 0.4) is 0 Å². The largest absolute Gasteiger partial charge is 0.338 e. The first-order chi connectivity index (χ1) is 14.0. The fraction of sp³-hybridized carbons (Fsp3) is 0.364. The van der Waals surface area contributed by atoms with Crippen LogP contribution < -0.4 is 5.56 Å². The lowest BCUT2D eigenvalue weighted by Gasteiger charge is -2.29. The standard InChI is InChI=1S/C22H25N5O2/c1-25(2)14-16-7-8-18-15-26(11-9-17(18)13-16)21(28)10-12-27-22(29)19-5-3-4-6-20(19)23-24-27/h3-8,13H,9-12,14-15H2,1-2H3. The topological polar surface area (TPSA) is 71.3 Å². The van der Waals surface area contributed by atoms with Gasteiger partial charge >= 0.3 is 0 Å². The van der Waals surface area contributed by atoms with Gasteiger partial charge in [-0.2, -0.15) is 0 Å². The lowest BCUT2D eigenvalue weighted by atomic mass is 9.97. The van der Waals surface area contributed by atoms with Crippen molar-refractivity contribution in [2.45, 2.75) is 32.5 Å². The van der Waals surface area contributed by atoms with Gasteiger partial charge in [0.05, 0.1) is 11.9 Å². The van der Waals surface area contributed by atoms with E-state index >= 15 is 0 Å². The van der Waals surface area contributed by atoms with E-state index in [1.54, 1.807) is 18.2 Å². The van der Waals surface area contributed by atoms with Crippen molar-refractivity contribution >= 4 is 16.8 Å². The van der Waals surface area contributed by atoms with Crippen molar-refractivity contribution in [2.75, 3.05) is 20.6 Å². The van der Waals surface area contributed by atoms with Crippen LogP contribution in [0.25, 0.3) is 10.9 Å². The third kappa shape index (κ3) is 4.19. The Labute approximate surface area is 169 Å². The van der Waals surface area contributed by atoms with E-state index in [0.29, 0.717) is 24.0 Å². The van der Waals surface area contributed by atoms with Crippen molar-refractivity contribution < 1.29 is 4.79 Å². The third-order valence-electron chi connectivity index (χ3n) is 5.30. The number of aryl methyl sites for hydroxylation is 1. The Kier molecular flexibility index (Phi) is 5.40. The molecule has 0 N–H and O–H groups in total. The van der Waals surface area contributed by atoms with Gasteiger partial charge in [-0.15, -0.1) is 5.10 Å². The van der Waals surface area contributed by atoms with E-state index in [1.807, 2.05) is 11.0 Å². The van der Waals surface area contributed by atoms with Crippen molar-refractivity contribution in [1.29, 1.82) is 0 Å². The average Bonchev–Trinajstić information content (AvgIpc) is 2.72. The number of amides is 1. The molecule has 2 aromatic carbocycles. The van der Waals surface area contributed by atoms with Crippen molar-refractivity contribution in [3.05, 3.63) is 69.5 Å². The number of aromatic nitrogens is 3. The molecule has 4 rings (SSSR count). The second-order valence-electron chi connectivity index (χ2n) is 7.79. The molecule has 0 atom stereocenters. The summed E-state index contributed by atoms with van der Waals surface area (Å²) in [4.78, 5) is 29.3. The van der Waals surface area contributed by atoms with E-state index in [-0.39, 0.29) is 24.4 Å². The van der Waals surface area contributed by atoms with Gasteiger partial charge in [-0.05, 0) is 49.3 Å². The lowest BCUT2D eigenvalue weighted by Crippen LogP contribution is -2.37. The molecule has 1 aliphatic rings. The summed E-state index contributed by atoms with van der Waals surface area (Å²) < 4.78 is 1.28. The van der Waals surface area contributed by atoms with Gasteiger partial charge in [0.2, 0.25) is 5.91 Å². The fourth-order valence-corrected chi connectivity index (χ4v) is 3.81. The second kappa shape index (κ2) is 8.13. The van der Waals surface area contributed by atoms with Gasteiger partial charge in [-0.3, -0.25) is 9.59 Å². The number of nitrogens with zero attached hydrogens (tertiary/aromatic N) is 5. The minimum absolute atomic E-state index is 0.0369. The first-order valence-electron chi connectivity index (χ1n) is 9.87. The van der Waals surface area contributed by atoms with Crippen LogP contribution in [-0.2, 0) is 30.8 Å². The number of hydrogen-bond donors (Lipinski definition) is 0. The number of rotatable bonds is 5. The fourth-order valence-electron chi connectivity index (χ4n) is 3.81. The molecule has 0 fully saturated rings. The summed E-state index contributed by atoms with van der Waals surface area (Å²) in [7, 11) is 4.12. The van der Waals surface area contributed by atoms with Gasteiger partial charge in [0.15, 0.2) is 0 Å². The molecule has 150 valence electrons. The van der Waals surface area contributed by atoms with Crippen LogP contribution in [0.15, 0.2) is 47.3 Å². The summed E-state index contributed by atoms with van der Waals surface area (Å²) in [5, 5.41) is 8.57. The predicted molar refractivity (Wildman–Crippen MR) is 111 cm³/mol. The Bertz CT molecular complexity index is 1110. The quantitative estimate of drug-likeness (QED) is 0.664. The van der Waals surface area contributed by atoms with Gasteiger partial charge in [0, 0.05) is 26.1 Å². The Morgan fingerprint density at radius 1 is 1.14 bits per heavy atom. The molecule has 7 nitrogen and oxygen atoms in total. The molecule has 2 heterocycles. The summed E-state index contributed by atoms with van der Waals surface area (Å²) in [6.45, 7) is 2.47. The molecule has 0 spiro atoms. The molecule has 0 aliphatic carbocycles. The predicted octanol–water partition coefficient (Wildman–Crippen LogP) is 1.83. The van der Waals surface area contributed by atoms with Crippen molar-refractivity contribution in [2.24, 2.45) is 0 Å². The van der Waals surface area contributed by atoms with Crippen LogP contribution in [0.2, 0.25) is 0 Å². The first kappa shape index (κ1) is 19.3. The van der Waals surface area contributed by atoms with Gasteiger partial charge in [0.25, 0.3) is 5.56 Å². The maximum absolute atomic E-state index is 12.7. The molecule has 7 heteroatoms. The molecule has 0 saturated carbocycles. The van der Waals surface area contributed by atoms with Crippen LogP contribution in [0, 0.1) is 0 Å². The van der Waals surface area contributed by atoms with Gasteiger partial charge in [-0.1, -0.05) is 35.5 Å². The zero-order valence-corrected chi connectivity index (χ0v) is 16.8. The summed E-state index contributed by atoms with van der Waals surface area (Å²) in [5.41, 5.74) is 4.18. The van der Waals surface area contributed by atoms with E-state index in [2.05, 4.69) is 47.5 Å². The zero-order valence-electron chi connectivity index (χ0n) is 16.8.